The SMILES string of the molecule is COc1ccc2c(c1)CC(c1ccc3ccccc3c1)N2. The molecule has 1 atom stereocenters. The Labute approximate surface area is 124 Å². The van der Waals surface area contributed by atoms with Gasteiger partial charge in [-0.1, -0.05) is 36.4 Å². The summed E-state index contributed by atoms with van der Waals surface area (Å²) >= 11 is 0. The van der Waals surface area contributed by atoms with E-state index in [1.165, 1.54) is 27.6 Å². The summed E-state index contributed by atoms with van der Waals surface area (Å²) in [5, 5.41) is 6.20. The van der Waals surface area contributed by atoms with Crippen molar-refractivity contribution in [3.05, 3.63) is 71.8 Å². The van der Waals surface area contributed by atoms with Crippen molar-refractivity contribution in [2.75, 3.05) is 12.4 Å². The number of ether oxygens (including phenoxy) is 1. The molecule has 3 aromatic rings. The highest BCUT2D eigenvalue weighted by atomic mass is 16.5. The van der Waals surface area contributed by atoms with Crippen LogP contribution in [0.15, 0.2) is 60.7 Å². The van der Waals surface area contributed by atoms with Gasteiger partial charge in [-0.05, 0) is 52.6 Å². The molecule has 0 saturated heterocycles. The van der Waals surface area contributed by atoms with Gasteiger partial charge in [0.05, 0.1) is 13.2 Å². The van der Waals surface area contributed by atoms with Crippen LogP contribution >= 0.6 is 0 Å². The van der Waals surface area contributed by atoms with E-state index in [0.29, 0.717) is 6.04 Å². The lowest BCUT2D eigenvalue weighted by atomic mass is 9.99. The fourth-order valence-corrected chi connectivity index (χ4v) is 3.09. The minimum atomic E-state index is 0.344. The zero-order chi connectivity index (χ0) is 14.2. The van der Waals surface area contributed by atoms with Gasteiger partial charge in [0.25, 0.3) is 0 Å². The number of hydrogen-bond donors (Lipinski definition) is 1. The van der Waals surface area contributed by atoms with Crippen molar-refractivity contribution in [2.45, 2.75) is 12.5 Å². The zero-order valence-corrected chi connectivity index (χ0v) is 12.0. The Balaban J connectivity index is 1.68. The van der Waals surface area contributed by atoms with Crippen molar-refractivity contribution in [1.82, 2.24) is 0 Å². The number of rotatable bonds is 2. The largest absolute Gasteiger partial charge is 0.497 e. The fraction of sp³-hybridized carbons (Fsp3) is 0.158. The Morgan fingerprint density at radius 3 is 2.67 bits per heavy atom. The van der Waals surface area contributed by atoms with Gasteiger partial charge in [-0.3, -0.25) is 0 Å². The number of anilines is 1. The first-order valence-corrected chi connectivity index (χ1v) is 7.25. The average Bonchev–Trinajstić information content (AvgIpc) is 2.97. The molecule has 3 aromatic carbocycles. The highest BCUT2D eigenvalue weighted by Crippen LogP contribution is 2.36. The van der Waals surface area contributed by atoms with Crippen molar-refractivity contribution >= 4 is 16.5 Å². The lowest BCUT2D eigenvalue weighted by Crippen LogP contribution is -2.05. The lowest BCUT2D eigenvalue weighted by Gasteiger charge is -2.12. The standard InChI is InChI=1S/C19H17NO/c1-21-17-8-9-18-16(11-17)12-19(20-18)15-7-6-13-4-2-3-5-14(13)10-15/h2-11,19-20H,12H2,1H3. The molecule has 0 spiro atoms. The van der Waals surface area contributed by atoms with Crippen molar-refractivity contribution < 1.29 is 4.74 Å². The summed E-state index contributed by atoms with van der Waals surface area (Å²) in [4.78, 5) is 0. The van der Waals surface area contributed by atoms with Crippen molar-refractivity contribution in [2.24, 2.45) is 0 Å². The van der Waals surface area contributed by atoms with E-state index in [1.54, 1.807) is 7.11 Å². The molecule has 0 bridgehead atoms. The minimum Gasteiger partial charge on any atom is -0.497 e. The molecule has 0 amide bonds. The van der Waals surface area contributed by atoms with Crippen LogP contribution in [0.2, 0.25) is 0 Å². The third-order valence-electron chi connectivity index (χ3n) is 4.24. The van der Waals surface area contributed by atoms with E-state index < -0.39 is 0 Å². The van der Waals surface area contributed by atoms with Crippen LogP contribution in [0.3, 0.4) is 0 Å². The maximum Gasteiger partial charge on any atom is 0.119 e. The van der Waals surface area contributed by atoms with Crippen LogP contribution in [0.1, 0.15) is 17.2 Å². The van der Waals surface area contributed by atoms with Gasteiger partial charge in [-0.2, -0.15) is 0 Å². The van der Waals surface area contributed by atoms with Crippen LogP contribution in [0.4, 0.5) is 5.69 Å². The fourth-order valence-electron chi connectivity index (χ4n) is 3.09. The molecule has 0 aliphatic carbocycles. The lowest BCUT2D eigenvalue weighted by molar-refractivity contribution is 0.414. The number of methoxy groups -OCH3 is 1. The van der Waals surface area contributed by atoms with Crippen LogP contribution in [-0.4, -0.2) is 7.11 Å². The maximum absolute atomic E-state index is 5.31. The summed E-state index contributed by atoms with van der Waals surface area (Å²) in [6, 6.07) is 21.8. The molecule has 1 N–H and O–H groups in total. The second-order valence-corrected chi connectivity index (χ2v) is 5.53. The predicted octanol–water partition coefficient (Wildman–Crippen LogP) is 4.56. The highest BCUT2D eigenvalue weighted by molar-refractivity contribution is 5.83. The molecule has 21 heavy (non-hydrogen) atoms. The zero-order valence-electron chi connectivity index (χ0n) is 12.0. The van der Waals surface area contributed by atoms with E-state index in [-0.39, 0.29) is 0 Å². The highest BCUT2D eigenvalue weighted by Gasteiger charge is 2.22. The van der Waals surface area contributed by atoms with Gasteiger partial charge >= 0.3 is 0 Å². The molecule has 1 aliphatic heterocycles. The molecule has 0 saturated carbocycles. The molecular weight excluding hydrogens is 258 g/mol. The summed E-state index contributed by atoms with van der Waals surface area (Å²) < 4.78 is 5.31. The Morgan fingerprint density at radius 1 is 0.952 bits per heavy atom. The van der Waals surface area contributed by atoms with E-state index in [1.807, 2.05) is 6.07 Å². The summed E-state index contributed by atoms with van der Waals surface area (Å²) in [7, 11) is 1.71. The molecule has 1 heterocycles. The second-order valence-electron chi connectivity index (χ2n) is 5.53. The smallest absolute Gasteiger partial charge is 0.119 e. The topological polar surface area (TPSA) is 21.3 Å². The van der Waals surface area contributed by atoms with Crippen molar-refractivity contribution in [3.63, 3.8) is 0 Å². The van der Waals surface area contributed by atoms with Crippen LogP contribution < -0.4 is 10.1 Å². The number of fused-ring (bicyclic) bond motifs is 2. The van der Waals surface area contributed by atoms with Crippen molar-refractivity contribution in [3.8, 4) is 5.75 Å². The Kier molecular flexibility index (Phi) is 2.81. The Hall–Kier alpha value is -2.48. The maximum atomic E-state index is 5.31. The Morgan fingerprint density at radius 2 is 1.81 bits per heavy atom. The second kappa shape index (κ2) is 4.81. The first-order chi connectivity index (χ1) is 10.3. The van der Waals surface area contributed by atoms with Gasteiger partial charge in [0.1, 0.15) is 5.75 Å². The van der Waals surface area contributed by atoms with Gasteiger partial charge in [0, 0.05) is 5.69 Å². The van der Waals surface area contributed by atoms with E-state index in [0.717, 1.165) is 12.2 Å². The average molecular weight is 275 g/mol. The van der Waals surface area contributed by atoms with Crippen LogP contribution in [0, 0.1) is 0 Å². The van der Waals surface area contributed by atoms with Crippen LogP contribution in [0.5, 0.6) is 5.75 Å². The first-order valence-electron chi connectivity index (χ1n) is 7.25. The molecular formula is C19H17NO. The molecule has 1 aliphatic rings. The molecule has 0 fully saturated rings. The molecule has 2 nitrogen and oxygen atoms in total. The summed E-state index contributed by atoms with van der Waals surface area (Å²) in [6.07, 6.45) is 1.00. The van der Waals surface area contributed by atoms with E-state index >= 15 is 0 Å². The van der Waals surface area contributed by atoms with E-state index in [9.17, 15) is 0 Å². The number of nitrogens with one attached hydrogen (secondary N) is 1. The predicted molar refractivity (Wildman–Crippen MR) is 87.0 cm³/mol. The summed E-state index contributed by atoms with van der Waals surface area (Å²) in [5.74, 6) is 0.926. The Bertz CT molecular complexity index is 810. The molecule has 2 heteroatoms. The normalized spacial score (nSPS) is 16.5. The molecule has 104 valence electrons. The minimum absolute atomic E-state index is 0.344. The third kappa shape index (κ3) is 2.13. The molecule has 0 aromatic heterocycles. The molecule has 0 radical (unpaired) electrons. The van der Waals surface area contributed by atoms with Crippen molar-refractivity contribution in [1.29, 1.82) is 0 Å². The number of benzene rings is 3. The van der Waals surface area contributed by atoms with E-state index in [4.69, 9.17) is 4.74 Å². The van der Waals surface area contributed by atoms with Gasteiger partial charge in [0.2, 0.25) is 0 Å². The monoisotopic (exact) mass is 275 g/mol. The molecule has 4 rings (SSSR count). The van der Waals surface area contributed by atoms with E-state index in [2.05, 4.69) is 59.9 Å². The van der Waals surface area contributed by atoms with Gasteiger partial charge in [-0.15, -0.1) is 0 Å². The summed E-state index contributed by atoms with van der Waals surface area (Å²) in [6.45, 7) is 0. The van der Waals surface area contributed by atoms with Gasteiger partial charge in [-0.25, -0.2) is 0 Å². The number of hydrogen-bond acceptors (Lipinski definition) is 2. The first kappa shape index (κ1) is 12.3. The quantitative estimate of drug-likeness (QED) is 0.740. The summed E-state index contributed by atoms with van der Waals surface area (Å²) in [5.41, 5.74) is 3.88. The van der Waals surface area contributed by atoms with Gasteiger partial charge < -0.3 is 10.1 Å². The molecule has 1 unspecified atom stereocenters. The van der Waals surface area contributed by atoms with Gasteiger partial charge in [0.15, 0.2) is 0 Å². The van der Waals surface area contributed by atoms with Crippen LogP contribution in [0.25, 0.3) is 10.8 Å². The van der Waals surface area contributed by atoms with Crippen LogP contribution in [-0.2, 0) is 6.42 Å². The third-order valence-corrected chi connectivity index (χ3v) is 4.24.